The number of primary amides is 1. The summed E-state index contributed by atoms with van der Waals surface area (Å²) in [6, 6.07) is 1.36. The van der Waals surface area contributed by atoms with Gasteiger partial charge in [0.2, 0.25) is 5.91 Å². The fourth-order valence-electron chi connectivity index (χ4n) is 1.06. The third-order valence-corrected chi connectivity index (χ3v) is 2.28. The van der Waals surface area contributed by atoms with Gasteiger partial charge < -0.3 is 15.3 Å². The number of carboxylic acid groups (broad SMARTS) is 1. The summed E-state index contributed by atoms with van der Waals surface area (Å²) in [5.41, 5.74) is 4.32. The van der Waals surface area contributed by atoms with Crippen LogP contribution >= 0.6 is 0 Å². The van der Waals surface area contributed by atoms with Gasteiger partial charge in [-0.05, 0) is 19.9 Å². The van der Waals surface area contributed by atoms with Gasteiger partial charge in [0, 0.05) is 0 Å². The quantitative estimate of drug-likeness (QED) is 0.671. The van der Waals surface area contributed by atoms with Crippen molar-refractivity contribution in [2.75, 3.05) is 0 Å². The molecule has 4 N–H and O–H groups in total. The molecular weight excluding hydrogens is 212 g/mol. The van der Waals surface area contributed by atoms with Crippen molar-refractivity contribution >= 4 is 11.9 Å². The minimum atomic E-state index is -1.07. The molecule has 0 aromatic carbocycles. The monoisotopic (exact) mass is 226 g/mol. The maximum Gasteiger partial charge on any atom is 0.339 e. The summed E-state index contributed by atoms with van der Waals surface area (Å²) < 4.78 is 5.01. The highest BCUT2D eigenvalue weighted by atomic mass is 16.4. The highest BCUT2D eigenvalue weighted by Crippen LogP contribution is 2.12. The molecule has 0 spiro atoms. The minimum Gasteiger partial charge on any atom is -0.478 e. The van der Waals surface area contributed by atoms with Gasteiger partial charge in [-0.1, -0.05) is 0 Å². The van der Waals surface area contributed by atoms with Crippen molar-refractivity contribution in [2.45, 2.75) is 25.9 Å². The Morgan fingerprint density at radius 2 is 2.19 bits per heavy atom. The topological polar surface area (TPSA) is 106 Å². The van der Waals surface area contributed by atoms with Gasteiger partial charge in [-0.25, -0.2) is 4.79 Å². The lowest BCUT2D eigenvalue weighted by atomic mass is 10.1. The molecule has 88 valence electrons. The normalized spacial score (nSPS) is 11.4. The Hall–Kier alpha value is -1.82. The first kappa shape index (κ1) is 12.3. The molecule has 1 aromatic rings. The third-order valence-electron chi connectivity index (χ3n) is 2.28. The van der Waals surface area contributed by atoms with Gasteiger partial charge in [-0.2, -0.15) is 0 Å². The standard InChI is InChI=1S/C10H14N2O4/c1-10(2,9(11)15)12-5-7-6(8(13)14)3-4-16-7/h3-4,12H,5H2,1-2H3,(H2,11,15)(H,13,14). The molecule has 0 fully saturated rings. The molecule has 16 heavy (non-hydrogen) atoms. The van der Waals surface area contributed by atoms with Crippen molar-refractivity contribution in [1.29, 1.82) is 0 Å². The van der Waals surface area contributed by atoms with E-state index in [1.807, 2.05) is 0 Å². The Morgan fingerprint density at radius 3 is 2.69 bits per heavy atom. The van der Waals surface area contributed by atoms with Crippen LogP contribution in [0.15, 0.2) is 16.7 Å². The van der Waals surface area contributed by atoms with E-state index < -0.39 is 17.4 Å². The Bertz CT molecular complexity index is 409. The second-order valence-corrected chi connectivity index (χ2v) is 3.91. The van der Waals surface area contributed by atoms with Crippen LogP contribution < -0.4 is 11.1 Å². The lowest BCUT2D eigenvalue weighted by Crippen LogP contribution is -2.50. The summed E-state index contributed by atoms with van der Waals surface area (Å²) in [5, 5.41) is 11.6. The van der Waals surface area contributed by atoms with Gasteiger partial charge in [0.05, 0.1) is 18.3 Å². The first-order valence-electron chi connectivity index (χ1n) is 4.69. The Labute approximate surface area is 92.4 Å². The second-order valence-electron chi connectivity index (χ2n) is 3.91. The smallest absolute Gasteiger partial charge is 0.339 e. The first-order valence-corrected chi connectivity index (χ1v) is 4.69. The molecule has 6 heteroatoms. The summed E-state index contributed by atoms with van der Waals surface area (Å²) >= 11 is 0. The number of aromatic carboxylic acids is 1. The molecule has 0 unspecified atom stereocenters. The highest BCUT2D eigenvalue weighted by Gasteiger charge is 2.25. The molecule has 0 radical (unpaired) electrons. The van der Waals surface area contributed by atoms with Gasteiger partial charge in [0.15, 0.2) is 0 Å². The largest absolute Gasteiger partial charge is 0.478 e. The molecule has 0 aliphatic heterocycles. The van der Waals surface area contributed by atoms with Crippen molar-refractivity contribution in [3.63, 3.8) is 0 Å². The summed E-state index contributed by atoms with van der Waals surface area (Å²) in [5.74, 6) is -1.32. The van der Waals surface area contributed by atoms with Crippen molar-refractivity contribution in [1.82, 2.24) is 5.32 Å². The van der Waals surface area contributed by atoms with Crippen LogP contribution in [0.4, 0.5) is 0 Å². The maximum absolute atomic E-state index is 11.0. The van der Waals surface area contributed by atoms with Crippen LogP contribution in [0.3, 0.4) is 0 Å². The number of amides is 1. The number of nitrogens with two attached hydrogens (primary N) is 1. The Balaban J connectivity index is 2.72. The van der Waals surface area contributed by atoms with Crippen molar-refractivity contribution < 1.29 is 19.1 Å². The van der Waals surface area contributed by atoms with E-state index in [4.69, 9.17) is 15.3 Å². The summed E-state index contributed by atoms with van der Waals surface area (Å²) in [7, 11) is 0. The molecule has 1 rings (SSSR count). The Kier molecular flexibility index (Phi) is 3.34. The predicted molar refractivity (Wildman–Crippen MR) is 55.8 cm³/mol. The Morgan fingerprint density at radius 1 is 1.56 bits per heavy atom. The number of rotatable bonds is 5. The van der Waals surface area contributed by atoms with E-state index in [0.29, 0.717) is 0 Å². The van der Waals surface area contributed by atoms with Crippen molar-refractivity contribution in [3.8, 4) is 0 Å². The minimum absolute atomic E-state index is 0.0766. The zero-order chi connectivity index (χ0) is 12.3. The molecule has 0 atom stereocenters. The van der Waals surface area contributed by atoms with Crippen LogP contribution in [0, 0.1) is 0 Å². The average Bonchev–Trinajstić information content (AvgIpc) is 2.62. The molecule has 1 amide bonds. The van der Waals surface area contributed by atoms with E-state index in [0.717, 1.165) is 0 Å². The van der Waals surface area contributed by atoms with E-state index in [9.17, 15) is 9.59 Å². The van der Waals surface area contributed by atoms with Crippen LogP contribution in [0.2, 0.25) is 0 Å². The molecule has 1 aromatic heterocycles. The summed E-state index contributed by atoms with van der Waals surface area (Å²) in [6.45, 7) is 3.35. The van der Waals surface area contributed by atoms with Crippen LogP contribution in [-0.4, -0.2) is 22.5 Å². The summed E-state index contributed by atoms with van der Waals surface area (Å²) in [4.78, 5) is 21.8. The van der Waals surface area contributed by atoms with Gasteiger partial charge in [0.25, 0.3) is 0 Å². The SMILES string of the molecule is CC(C)(NCc1occc1C(=O)O)C(N)=O. The van der Waals surface area contributed by atoms with Crippen LogP contribution in [0.1, 0.15) is 30.0 Å². The average molecular weight is 226 g/mol. The molecular formula is C10H14N2O4. The zero-order valence-electron chi connectivity index (χ0n) is 9.11. The molecule has 0 aliphatic rings. The molecule has 1 heterocycles. The molecule has 0 saturated heterocycles. The van der Waals surface area contributed by atoms with E-state index in [1.54, 1.807) is 13.8 Å². The van der Waals surface area contributed by atoms with Crippen LogP contribution in [-0.2, 0) is 11.3 Å². The van der Waals surface area contributed by atoms with E-state index >= 15 is 0 Å². The van der Waals surface area contributed by atoms with Crippen LogP contribution in [0.25, 0.3) is 0 Å². The lowest BCUT2D eigenvalue weighted by molar-refractivity contribution is -0.123. The predicted octanol–water partition coefficient (Wildman–Crippen LogP) is 0.331. The number of hydrogen-bond acceptors (Lipinski definition) is 4. The summed E-state index contributed by atoms with van der Waals surface area (Å²) in [6.07, 6.45) is 1.29. The number of carbonyl (C=O) groups excluding carboxylic acids is 1. The van der Waals surface area contributed by atoms with Gasteiger partial charge >= 0.3 is 5.97 Å². The van der Waals surface area contributed by atoms with Gasteiger partial charge in [-0.15, -0.1) is 0 Å². The third kappa shape index (κ3) is 2.60. The molecule has 6 nitrogen and oxygen atoms in total. The number of nitrogens with one attached hydrogen (secondary N) is 1. The van der Waals surface area contributed by atoms with Crippen LogP contribution in [0.5, 0.6) is 0 Å². The molecule has 0 saturated carbocycles. The lowest BCUT2D eigenvalue weighted by Gasteiger charge is -2.21. The first-order chi connectivity index (χ1) is 7.34. The highest BCUT2D eigenvalue weighted by molar-refractivity contribution is 5.88. The number of furan rings is 1. The molecule has 0 bridgehead atoms. The number of carbonyl (C=O) groups is 2. The number of carboxylic acids is 1. The fourth-order valence-corrected chi connectivity index (χ4v) is 1.06. The van der Waals surface area contributed by atoms with E-state index in [-0.39, 0.29) is 17.9 Å². The molecule has 0 aliphatic carbocycles. The fraction of sp³-hybridized carbons (Fsp3) is 0.400. The van der Waals surface area contributed by atoms with E-state index in [1.165, 1.54) is 12.3 Å². The maximum atomic E-state index is 11.0. The van der Waals surface area contributed by atoms with Crippen molar-refractivity contribution in [2.24, 2.45) is 5.73 Å². The van der Waals surface area contributed by atoms with Gasteiger partial charge in [0.1, 0.15) is 11.3 Å². The second kappa shape index (κ2) is 4.36. The zero-order valence-corrected chi connectivity index (χ0v) is 9.11. The van der Waals surface area contributed by atoms with Crippen molar-refractivity contribution in [3.05, 3.63) is 23.7 Å². The number of hydrogen-bond donors (Lipinski definition) is 3. The van der Waals surface area contributed by atoms with Gasteiger partial charge in [-0.3, -0.25) is 10.1 Å². The van der Waals surface area contributed by atoms with E-state index in [2.05, 4.69) is 5.32 Å².